The normalized spacial score (nSPS) is 16.3. The number of hydrogen-bond acceptors (Lipinski definition) is 3. The van der Waals surface area contributed by atoms with Gasteiger partial charge in [0.25, 0.3) is 11.8 Å². The number of halogens is 2. The van der Waals surface area contributed by atoms with Gasteiger partial charge < -0.3 is 4.43 Å². The van der Waals surface area contributed by atoms with Crippen molar-refractivity contribution in [2.75, 3.05) is 6.61 Å². The number of amides is 2. The Kier molecular flexibility index (Phi) is 7.25. The maximum absolute atomic E-state index is 13.1. The van der Waals surface area contributed by atoms with E-state index in [4.69, 9.17) is 27.6 Å². The summed E-state index contributed by atoms with van der Waals surface area (Å²) in [7, 11) is -2.02. The molecular weight excluding hydrogens is 461 g/mol. The molecule has 2 aromatic rings. The van der Waals surface area contributed by atoms with Gasteiger partial charge in [0.15, 0.2) is 8.32 Å². The summed E-state index contributed by atoms with van der Waals surface area (Å²) in [5.41, 5.74) is 1.91. The van der Waals surface area contributed by atoms with E-state index in [-0.39, 0.29) is 28.8 Å². The zero-order chi connectivity index (χ0) is 23.8. The van der Waals surface area contributed by atoms with Crippen LogP contribution in [-0.4, -0.2) is 37.7 Å². The van der Waals surface area contributed by atoms with Gasteiger partial charge in [0.2, 0.25) is 0 Å². The van der Waals surface area contributed by atoms with Crippen molar-refractivity contribution in [3.05, 3.63) is 69.2 Å². The highest BCUT2D eigenvalue weighted by atomic mass is 35.5. The van der Waals surface area contributed by atoms with Gasteiger partial charge >= 0.3 is 0 Å². The van der Waals surface area contributed by atoms with Crippen molar-refractivity contribution in [2.45, 2.75) is 58.3 Å². The van der Waals surface area contributed by atoms with Gasteiger partial charge in [-0.1, -0.05) is 62.2 Å². The molecule has 2 aromatic carbocycles. The molecule has 0 saturated heterocycles. The molecule has 2 unspecified atom stereocenters. The Morgan fingerprint density at radius 1 is 0.969 bits per heavy atom. The molecule has 1 aliphatic rings. The molecule has 0 aliphatic carbocycles. The number of rotatable bonds is 7. The first-order valence-corrected chi connectivity index (χ1v) is 14.5. The number of carbonyl (C=O) groups is 2. The maximum atomic E-state index is 13.1. The third kappa shape index (κ3) is 4.96. The van der Waals surface area contributed by atoms with Gasteiger partial charge in [0.05, 0.1) is 21.2 Å². The molecule has 0 spiro atoms. The third-order valence-electron chi connectivity index (χ3n) is 6.86. The number of nitrogens with zero attached hydrogens (tertiary/aromatic N) is 1. The monoisotopic (exact) mass is 491 g/mol. The fraction of sp³-hybridized carbons (Fsp3) is 0.440. The molecule has 0 bridgehead atoms. The van der Waals surface area contributed by atoms with E-state index in [9.17, 15) is 9.59 Å². The summed E-state index contributed by atoms with van der Waals surface area (Å²) in [5, 5.41) is 1.04. The molecule has 2 atom stereocenters. The lowest BCUT2D eigenvalue weighted by Gasteiger charge is -2.39. The summed E-state index contributed by atoms with van der Waals surface area (Å²) >= 11 is 12.3. The van der Waals surface area contributed by atoms with Crippen LogP contribution in [0.15, 0.2) is 42.5 Å². The second-order valence-electron chi connectivity index (χ2n) is 10.1. The Morgan fingerprint density at radius 2 is 1.53 bits per heavy atom. The highest BCUT2D eigenvalue weighted by Crippen LogP contribution is 2.38. The Labute approximate surface area is 202 Å². The second-order valence-corrected chi connectivity index (χ2v) is 15.7. The Morgan fingerprint density at radius 3 is 2.03 bits per heavy atom. The summed E-state index contributed by atoms with van der Waals surface area (Å²) in [6.07, 6.45) is 0.611. The van der Waals surface area contributed by atoms with Crippen LogP contribution in [0.1, 0.15) is 54.0 Å². The van der Waals surface area contributed by atoms with E-state index in [1.54, 1.807) is 30.3 Å². The molecule has 3 rings (SSSR count). The number of hydrogen-bond donors (Lipinski definition) is 0. The van der Waals surface area contributed by atoms with Crippen molar-refractivity contribution >= 4 is 43.3 Å². The van der Waals surface area contributed by atoms with Crippen molar-refractivity contribution in [1.82, 2.24) is 4.90 Å². The fourth-order valence-electron chi connectivity index (χ4n) is 3.66. The fourth-order valence-corrected chi connectivity index (χ4v) is 5.04. The lowest BCUT2D eigenvalue weighted by molar-refractivity contribution is 0.0505. The quantitative estimate of drug-likeness (QED) is 0.313. The summed E-state index contributed by atoms with van der Waals surface area (Å²) < 4.78 is 6.54. The van der Waals surface area contributed by atoms with Crippen molar-refractivity contribution in [1.29, 1.82) is 0 Å². The minimum atomic E-state index is -2.02. The van der Waals surface area contributed by atoms with E-state index >= 15 is 0 Å². The van der Waals surface area contributed by atoms with Gasteiger partial charge in [-0.15, -0.1) is 0 Å². The molecule has 0 saturated carbocycles. The Hall–Kier alpha value is -1.66. The number of fused-ring (bicyclic) bond motifs is 1. The van der Waals surface area contributed by atoms with Crippen LogP contribution in [0.5, 0.6) is 0 Å². The van der Waals surface area contributed by atoms with Gasteiger partial charge in [0.1, 0.15) is 0 Å². The molecule has 0 N–H and O–H groups in total. The molecule has 0 fully saturated rings. The van der Waals surface area contributed by atoms with Gasteiger partial charge in [0, 0.05) is 18.6 Å². The highest BCUT2D eigenvalue weighted by molar-refractivity contribution is 6.74. The van der Waals surface area contributed by atoms with E-state index in [1.165, 1.54) is 4.90 Å². The van der Waals surface area contributed by atoms with Gasteiger partial charge in [-0.2, -0.15) is 0 Å². The average molecular weight is 493 g/mol. The molecule has 1 aliphatic heterocycles. The van der Waals surface area contributed by atoms with E-state index in [0.29, 0.717) is 34.2 Å². The predicted molar refractivity (Wildman–Crippen MR) is 133 cm³/mol. The summed E-state index contributed by atoms with van der Waals surface area (Å²) in [5.74, 6) is -0.585. The molecule has 7 heteroatoms. The Balaban J connectivity index is 1.90. The molecule has 4 nitrogen and oxygen atoms in total. The van der Waals surface area contributed by atoms with Crippen LogP contribution in [0, 0.1) is 5.92 Å². The average Bonchev–Trinajstić information content (AvgIpc) is 2.97. The van der Waals surface area contributed by atoms with Crippen LogP contribution in [0.4, 0.5) is 0 Å². The zero-order valence-corrected chi connectivity index (χ0v) is 22.1. The van der Waals surface area contributed by atoms with Crippen LogP contribution in [-0.2, 0) is 10.8 Å². The molecule has 2 amide bonds. The SMILES string of the molecule is CC(C(CO[Si](C)(C)C(C)(C)C)Cc1ccc(Cl)c(Cl)c1)N1C(=O)c2ccccc2C1=O. The van der Waals surface area contributed by atoms with Crippen LogP contribution < -0.4 is 0 Å². The first-order chi connectivity index (χ1) is 14.8. The predicted octanol–water partition coefficient (Wildman–Crippen LogP) is 6.86. The van der Waals surface area contributed by atoms with Crippen LogP contribution in [0.2, 0.25) is 28.2 Å². The highest BCUT2D eigenvalue weighted by Gasteiger charge is 2.42. The number of benzene rings is 2. The molecule has 1 heterocycles. The van der Waals surface area contributed by atoms with Crippen molar-refractivity contribution in [3.63, 3.8) is 0 Å². The minimum absolute atomic E-state index is 0.0554. The summed E-state index contributed by atoms with van der Waals surface area (Å²) in [6, 6.07) is 12.2. The van der Waals surface area contributed by atoms with E-state index < -0.39 is 8.32 Å². The third-order valence-corrected chi connectivity index (χ3v) is 12.1. The Bertz CT molecular complexity index is 997. The summed E-state index contributed by atoms with van der Waals surface area (Å²) in [6.45, 7) is 13.4. The molecule has 0 radical (unpaired) electrons. The van der Waals surface area contributed by atoms with Gasteiger partial charge in [-0.3, -0.25) is 14.5 Å². The van der Waals surface area contributed by atoms with Crippen molar-refractivity contribution in [2.24, 2.45) is 5.92 Å². The van der Waals surface area contributed by atoms with E-state index in [0.717, 1.165) is 5.56 Å². The van der Waals surface area contributed by atoms with Crippen LogP contribution in [0.25, 0.3) is 0 Å². The maximum Gasteiger partial charge on any atom is 0.261 e. The first kappa shape index (κ1) is 25.0. The number of imide groups is 1. The van der Waals surface area contributed by atoms with E-state index in [2.05, 4.69) is 33.9 Å². The standard InChI is InChI=1S/C25H31Cl2NO3Si/c1-16(28-23(29)19-9-7-8-10-20(19)24(28)30)18(15-31-32(5,6)25(2,3)4)13-17-11-12-21(26)22(27)14-17/h7-12,14,16,18H,13,15H2,1-6H3. The topological polar surface area (TPSA) is 46.6 Å². The van der Waals surface area contributed by atoms with Crippen molar-refractivity contribution < 1.29 is 14.0 Å². The van der Waals surface area contributed by atoms with Gasteiger partial charge in [-0.25, -0.2) is 0 Å². The first-order valence-electron chi connectivity index (χ1n) is 10.9. The van der Waals surface area contributed by atoms with Crippen LogP contribution in [0.3, 0.4) is 0 Å². The summed E-state index contributed by atoms with van der Waals surface area (Å²) in [4.78, 5) is 27.6. The lowest BCUT2D eigenvalue weighted by atomic mass is 9.92. The molecule has 0 aromatic heterocycles. The molecular formula is C25H31Cl2NO3Si. The molecule has 32 heavy (non-hydrogen) atoms. The molecule has 172 valence electrons. The smallest absolute Gasteiger partial charge is 0.261 e. The largest absolute Gasteiger partial charge is 0.416 e. The lowest BCUT2D eigenvalue weighted by Crippen LogP contribution is -2.47. The second kappa shape index (κ2) is 9.30. The van der Waals surface area contributed by atoms with Crippen LogP contribution >= 0.6 is 23.2 Å². The minimum Gasteiger partial charge on any atom is -0.416 e. The van der Waals surface area contributed by atoms with Gasteiger partial charge in [-0.05, 0) is 61.3 Å². The van der Waals surface area contributed by atoms with Crippen molar-refractivity contribution in [3.8, 4) is 0 Å². The zero-order valence-electron chi connectivity index (χ0n) is 19.5. The number of carbonyl (C=O) groups excluding carboxylic acids is 2. The van der Waals surface area contributed by atoms with E-state index in [1.807, 2.05) is 19.1 Å².